The average Bonchev–Trinajstić information content (AvgIpc) is 2.84. The number of hydrogen-bond donors (Lipinski definition) is 0. The quantitative estimate of drug-likeness (QED) is 0.528. The third kappa shape index (κ3) is 2.76. The lowest BCUT2D eigenvalue weighted by molar-refractivity contribution is 0.0360. The Hall–Kier alpha value is -1.43. The number of rotatable bonds is 7. The summed E-state index contributed by atoms with van der Waals surface area (Å²) in [7, 11) is 4.62. The molecule has 0 N–H and O–H groups in total. The van der Waals surface area contributed by atoms with Crippen molar-refractivity contribution in [1.29, 1.82) is 0 Å². The Morgan fingerprint density at radius 3 is 2.23 bits per heavy atom. The first kappa shape index (κ1) is 16.9. The molecular weight excluding hydrogens is 352 g/mol. The molecule has 1 aliphatic heterocycles. The summed E-state index contributed by atoms with van der Waals surface area (Å²) in [5, 5.41) is 0. The molecule has 1 aromatic carbocycles. The van der Waals surface area contributed by atoms with Gasteiger partial charge in [0.2, 0.25) is 5.75 Å². The van der Waals surface area contributed by atoms with Gasteiger partial charge in [-0.3, -0.25) is 0 Å². The van der Waals surface area contributed by atoms with E-state index in [1.54, 1.807) is 14.2 Å². The minimum Gasteiger partial charge on any atom is -0.492 e. The van der Waals surface area contributed by atoms with E-state index in [0.29, 0.717) is 27.3 Å². The summed E-state index contributed by atoms with van der Waals surface area (Å²) < 4.78 is 22.4. The van der Waals surface area contributed by atoms with E-state index < -0.39 is 0 Å². The number of methoxy groups -OCH3 is 3. The highest BCUT2D eigenvalue weighted by atomic mass is 79.9. The number of carbonyl (C=O) groups excluding carboxylic acids is 1. The lowest BCUT2D eigenvalue weighted by atomic mass is 9.98. The summed E-state index contributed by atoms with van der Waals surface area (Å²) in [4.78, 5) is 12.3. The smallest absolute Gasteiger partial charge is 0.340 e. The van der Waals surface area contributed by atoms with Gasteiger partial charge in [0.15, 0.2) is 11.5 Å². The topological polar surface area (TPSA) is 54.0 Å². The molecular formula is C16H21BrO5. The van der Waals surface area contributed by atoms with Gasteiger partial charge in [-0.05, 0) is 28.8 Å². The maximum Gasteiger partial charge on any atom is 0.340 e. The van der Waals surface area contributed by atoms with Crippen molar-refractivity contribution in [1.82, 2.24) is 0 Å². The fourth-order valence-electron chi connectivity index (χ4n) is 2.78. The molecule has 0 saturated heterocycles. The molecule has 5 nitrogen and oxygen atoms in total. The van der Waals surface area contributed by atoms with Crippen LogP contribution in [0.4, 0.5) is 0 Å². The number of ether oxygens (including phenoxy) is 4. The van der Waals surface area contributed by atoms with Crippen LogP contribution in [0.2, 0.25) is 0 Å². The minimum absolute atomic E-state index is 0.305. The number of unbranched alkanes of at least 4 members (excludes halogenated alkanes) is 2. The highest BCUT2D eigenvalue weighted by Crippen LogP contribution is 2.53. The zero-order valence-electron chi connectivity index (χ0n) is 13.3. The lowest BCUT2D eigenvalue weighted by Gasteiger charge is -2.19. The molecule has 0 aromatic heterocycles. The van der Waals surface area contributed by atoms with E-state index >= 15 is 0 Å². The van der Waals surface area contributed by atoms with Crippen LogP contribution in [0.25, 0.3) is 0 Å². The van der Waals surface area contributed by atoms with Crippen LogP contribution in [0.15, 0.2) is 4.47 Å². The van der Waals surface area contributed by atoms with Crippen LogP contribution in [0.5, 0.6) is 17.2 Å². The van der Waals surface area contributed by atoms with Crippen LogP contribution in [-0.4, -0.2) is 27.3 Å². The van der Waals surface area contributed by atoms with Gasteiger partial charge in [0.05, 0.1) is 36.9 Å². The van der Waals surface area contributed by atoms with Crippen molar-refractivity contribution in [3.05, 3.63) is 15.6 Å². The van der Waals surface area contributed by atoms with Gasteiger partial charge in [-0.1, -0.05) is 19.8 Å². The predicted molar refractivity (Wildman–Crippen MR) is 86.1 cm³/mol. The van der Waals surface area contributed by atoms with E-state index in [2.05, 4.69) is 22.9 Å². The van der Waals surface area contributed by atoms with Crippen LogP contribution in [0, 0.1) is 0 Å². The second-order valence-electron chi connectivity index (χ2n) is 5.09. The van der Waals surface area contributed by atoms with E-state index in [4.69, 9.17) is 18.9 Å². The van der Waals surface area contributed by atoms with E-state index in [-0.39, 0.29) is 12.1 Å². The Morgan fingerprint density at radius 1 is 1.05 bits per heavy atom. The molecule has 0 amide bonds. The normalized spacial score (nSPS) is 16.2. The fourth-order valence-corrected chi connectivity index (χ4v) is 3.49. The predicted octanol–water partition coefficient (Wildman–Crippen LogP) is 4.27. The number of halogens is 1. The molecule has 0 bridgehead atoms. The van der Waals surface area contributed by atoms with Crippen LogP contribution < -0.4 is 14.2 Å². The average molecular weight is 373 g/mol. The Bertz CT molecular complexity index is 570. The molecule has 0 aliphatic carbocycles. The zero-order chi connectivity index (χ0) is 16.3. The van der Waals surface area contributed by atoms with Crippen molar-refractivity contribution >= 4 is 21.9 Å². The molecule has 1 aliphatic rings. The highest BCUT2D eigenvalue weighted by molar-refractivity contribution is 9.10. The van der Waals surface area contributed by atoms with E-state index in [0.717, 1.165) is 31.2 Å². The zero-order valence-corrected chi connectivity index (χ0v) is 14.9. The number of hydrogen-bond acceptors (Lipinski definition) is 5. The third-order valence-electron chi connectivity index (χ3n) is 3.80. The van der Waals surface area contributed by atoms with Crippen LogP contribution >= 0.6 is 15.9 Å². The SMILES string of the molecule is CCCCCC1OC(=O)c2c(Br)c(OC)c(OC)c(OC)c21. The van der Waals surface area contributed by atoms with Crippen molar-refractivity contribution in [2.75, 3.05) is 21.3 Å². The Kier molecular flexibility index (Phi) is 5.56. The van der Waals surface area contributed by atoms with Crippen LogP contribution in [-0.2, 0) is 4.74 Å². The van der Waals surface area contributed by atoms with E-state index in [1.165, 1.54) is 7.11 Å². The molecule has 2 rings (SSSR count). The summed E-state index contributed by atoms with van der Waals surface area (Å²) >= 11 is 3.44. The van der Waals surface area contributed by atoms with Gasteiger partial charge >= 0.3 is 5.97 Å². The van der Waals surface area contributed by atoms with Gasteiger partial charge < -0.3 is 18.9 Å². The van der Waals surface area contributed by atoms with Gasteiger partial charge in [0.25, 0.3) is 0 Å². The Balaban J connectivity index is 2.56. The highest BCUT2D eigenvalue weighted by Gasteiger charge is 2.40. The van der Waals surface area contributed by atoms with Crippen molar-refractivity contribution in [3.8, 4) is 17.2 Å². The summed E-state index contributed by atoms with van der Waals surface area (Å²) in [5.74, 6) is 1.05. The van der Waals surface area contributed by atoms with E-state index in [9.17, 15) is 4.79 Å². The van der Waals surface area contributed by atoms with Gasteiger partial charge in [0, 0.05) is 0 Å². The first-order chi connectivity index (χ1) is 10.6. The summed E-state index contributed by atoms with van der Waals surface area (Å²) in [5.41, 5.74) is 1.21. The molecule has 122 valence electrons. The molecule has 1 aromatic rings. The molecule has 1 heterocycles. The van der Waals surface area contributed by atoms with Gasteiger partial charge in [-0.15, -0.1) is 0 Å². The van der Waals surface area contributed by atoms with Gasteiger partial charge in [0.1, 0.15) is 6.10 Å². The van der Waals surface area contributed by atoms with E-state index in [1.807, 2.05) is 0 Å². The number of esters is 1. The summed E-state index contributed by atoms with van der Waals surface area (Å²) in [6.45, 7) is 2.14. The third-order valence-corrected chi connectivity index (χ3v) is 4.56. The molecule has 1 atom stereocenters. The molecule has 0 saturated carbocycles. The lowest BCUT2D eigenvalue weighted by Crippen LogP contribution is -2.04. The fraction of sp³-hybridized carbons (Fsp3) is 0.562. The largest absolute Gasteiger partial charge is 0.492 e. The molecule has 1 unspecified atom stereocenters. The molecule has 0 radical (unpaired) electrons. The number of benzene rings is 1. The summed E-state index contributed by atoms with van der Waals surface area (Å²) in [6, 6.07) is 0. The molecule has 22 heavy (non-hydrogen) atoms. The summed E-state index contributed by atoms with van der Waals surface area (Å²) in [6.07, 6.45) is 3.66. The first-order valence-electron chi connectivity index (χ1n) is 7.32. The maximum atomic E-state index is 12.3. The Morgan fingerprint density at radius 2 is 1.68 bits per heavy atom. The van der Waals surface area contributed by atoms with Crippen LogP contribution in [0.1, 0.15) is 54.6 Å². The molecule has 6 heteroatoms. The van der Waals surface area contributed by atoms with Gasteiger partial charge in [-0.2, -0.15) is 0 Å². The molecule has 0 fully saturated rings. The van der Waals surface area contributed by atoms with Crippen molar-refractivity contribution in [2.45, 2.75) is 38.7 Å². The minimum atomic E-state index is -0.359. The van der Waals surface area contributed by atoms with Crippen LogP contribution in [0.3, 0.4) is 0 Å². The Labute approximate surface area is 139 Å². The molecule has 0 spiro atoms. The number of cyclic esters (lactones) is 1. The second-order valence-corrected chi connectivity index (χ2v) is 5.89. The first-order valence-corrected chi connectivity index (χ1v) is 8.12. The standard InChI is InChI=1S/C16H21BrO5/c1-5-6-7-8-9-10-11(16(18)22-9)12(17)14(20-3)15(21-4)13(10)19-2/h9H,5-8H2,1-4H3. The number of carbonyl (C=O) groups is 1. The van der Waals surface area contributed by atoms with Crippen molar-refractivity contribution < 1.29 is 23.7 Å². The van der Waals surface area contributed by atoms with Crippen molar-refractivity contribution in [2.24, 2.45) is 0 Å². The second kappa shape index (κ2) is 7.22. The number of fused-ring (bicyclic) bond motifs is 1. The monoisotopic (exact) mass is 372 g/mol. The van der Waals surface area contributed by atoms with Gasteiger partial charge in [-0.25, -0.2) is 4.79 Å². The van der Waals surface area contributed by atoms with Crippen molar-refractivity contribution in [3.63, 3.8) is 0 Å². The maximum absolute atomic E-state index is 12.3.